The summed E-state index contributed by atoms with van der Waals surface area (Å²) in [4.78, 5) is 40.5. The maximum Gasteiger partial charge on any atom is 0.334 e. The lowest BCUT2D eigenvalue weighted by Crippen LogP contribution is -2.27. The minimum atomic E-state index is -0.483. The lowest BCUT2D eigenvalue weighted by Gasteiger charge is -2.22. The average molecular weight is 408 g/mol. The number of nitrogens with zero attached hydrogens (tertiary/aromatic N) is 2. The van der Waals surface area contributed by atoms with Crippen LogP contribution in [0.3, 0.4) is 0 Å². The fraction of sp³-hybridized carbons (Fsp3) is 0.348. The number of ketones is 1. The third-order valence-corrected chi connectivity index (χ3v) is 5.32. The van der Waals surface area contributed by atoms with Gasteiger partial charge >= 0.3 is 5.97 Å². The lowest BCUT2D eigenvalue weighted by atomic mass is 9.83. The largest absolute Gasteiger partial charge is 0.334 e. The molecule has 0 heterocycles. The standard InChI is InChI=1S/C23H24N2O5/c1-2-21(26)30-24-22(17-8-4-3-5-9-17)23(27)18-14-12-16(13-15-18)19-10-6-7-11-20(19)25(28)29/h6-7,10-15,17H,2-5,8-9H2,1H3/b24-22-. The van der Waals surface area contributed by atoms with Crippen LogP contribution in [0.4, 0.5) is 5.69 Å². The van der Waals surface area contributed by atoms with Gasteiger partial charge < -0.3 is 4.84 Å². The molecular weight excluding hydrogens is 384 g/mol. The maximum atomic E-state index is 13.1. The molecule has 0 atom stereocenters. The number of hydrogen-bond acceptors (Lipinski definition) is 6. The molecule has 7 nitrogen and oxygen atoms in total. The first kappa shape index (κ1) is 21.4. The van der Waals surface area contributed by atoms with Crippen LogP contribution >= 0.6 is 0 Å². The first-order chi connectivity index (χ1) is 14.5. The first-order valence-corrected chi connectivity index (χ1v) is 10.2. The summed E-state index contributed by atoms with van der Waals surface area (Å²) in [6.45, 7) is 1.67. The highest BCUT2D eigenvalue weighted by Gasteiger charge is 2.27. The molecule has 1 saturated carbocycles. The van der Waals surface area contributed by atoms with Gasteiger partial charge in [-0.15, -0.1) is 0 Å². The van der Waals surface area contributed by atoms with E-state index in [4.69, 9.17) is 4.84 Å². The summed E-state index contributed by atoms with van der Waals surface area (Å²) in [6, 6.07) is 13.1. The maximum absolute atomic E-state index is 13.1. The summed E-state index contributed by atoms with van der Waals surface area (Å²) in [6.07, 6.45) is 4.99. The van der Waals surface area contributed by atoms with Crippen molar-refractivity contribution in [1.82, 2.24) is 0 Å². The van der Waals surface area contributed by atoms with E-state index < -0.39 is 10.9 Å². The van der Waals surface area contributed by atoms with Crippen molar-refractivity contribution >= 4 is 23.2 Å². The minimum absolute atomic E-state index is 0.00696. The third kappa shape index (κ3) is 4.97. The van der Waals surface area contributed by atoms with E-state index in [0.29, 0.717) is 16.7 Å². The molecule has 0 spiro atoms. The summed E-state index contributed by atoms with van der Waals surface area (Å²) < 4.78 is 0. The number of oxime groups is 1. The van der Waals surface area contributed by atoms with Gasteiger partial charge in [0.05, 0.1) is 10.5 Å². The second-order valence-electron chi connectivity index (χ2n) is 7.31. The number of para-hydroxylation sites is 1. The van der Waals surface area contributed by atoms with Crippen LogP contribution in [-0.2, 0) is 9.63 Å². The van der Waals surface area contributed by atoms with Crippen molar-refractivity contribution in [3.8, 4) is 11.1 Å². The fourth-order valence-corrected chi connectivity index (χ4v) is 3.67. The SMILES string of the molecule is CCC(=O)O/N=C(\C(=O)c1ccc(-c2ccccc2[N+](=O)[O-])cc1)C1CCCCC1. The number of Topliss-reactive ketones (excluding diaryl/α,β-unsaturated/α-hetero) is 1. The van der Waals surface area contributed by atoms with Crippen molar-refractivity contribution in [2.24, 2.45) is 11.1 Å². The molecule has 156 valence electrons. The van der Waals surface area contributed by atoms with Crippen molar-refractivity contribution in [3.63, 3.8) is 0 Å². The predicted octanol–water partition coefficient (Wildman–Crippen LogP) is 5.33. The molecule has 7 heteroatoms. The zero-order valence-electron chi connectivity index (χ0n) is 16.9. The fourth-order valence-electron chi connectivity index (χ4n) is 3.67. The van der Waals surface area contributed by atoms with E-state index in [-0.39, 0.29) is 29.5 Å². The molecule has 30 heavy (non-hydrogen) atoms. The Kier molecular flexibility index (Phi) is 7.06. The quantitative estimate of drug-likeness (QED) is 0.203. The van der Waals surface area contributed by atoms with Gasteiger partial charge in [0, 0.05) is 24.0 Å². The van der Waals surface area contributed by atoms with Crippen LogP contribution in [0, 0.1) is 16.0 Å². The van der Waals surface area contributed by atoms with Gasteiger partial charge in [-0.25, -0.2) is 4.79 Å². The van der Waals surface area contributed by atoms with E-state index in [1.165, 1.54) is 6.07 Å². The van der Waals surface area contributed by atoms with Gasteiger partial charge in [0.25, 0.3) is 5.69 Å². The molecular formula is C23H24N2O5. The molecule has 2 aromatic rings. The molecule has 0 aliphatic heterocycles. The van der Waals surface area contributed by atoms with Crippen molar-refractivity contribution in [2.75, 3.05) is 0 Å². The first-order valence-electron chi connectivity index (χ1n) is 10.2. The Hall–Kier alpha value is -3.35. The van der Waals surface area contributed by atoms with Crippen LogP contribution in [0.5, 0.6) is 0 Å². The highest BCUT2D eigenvalue weighted by molar-refractivity contribution is 6.46. The van der Waals surface area contributed by atoms with Crippen LogP contribution in [0.2, 0.25) is 0 Å². The molecule has 3 rings (SSSR count). The van der Waals surface area contributed by atoms with E-state index >= 15 is 0 Å². The zero-order chi connectivity index (χ0) is 21.5. The summed E-state index contributed by atoms with van der Waals surface area (Å²) in [7, 11) is 0. The van der Waals surface area contributed by atoms with E-state index in [0.717, 1.165) is 32.1 Å². The molecule has 0 saturated heterocycles. The van der Waals surface area contributed by atoms with Gasteiger partial charge in [-0.3, -0.25) is 14.9 Å². The van der Waals surface area contributed by atoms with Gasteiger partial charge in [-0.2, -0.15) is 0 Å². The number of hydrogen-bond donors (Lipinski definition) is 0. The summed E-state index contributed by atoms with van der Waals surface area (Å²) in [5, 5.41) is 15.2. The van der Waals surface area contributed by atoms with E-state index in [1.807, 2.05) is 0 Å². The summed E-state index contributed by atoms with van der Waals surface area (Å²) in [5.74, 6) is -0.798. The van der Waals surface area contributed by atoms with Gasteiger partial charge in [0.1, 0.15) is 5.71 Å². The van der Waals surface area contributed by atoms with E-state index in [2.05, 4.69) is 5.16 Å². The van der Waals surface area contributed by atoms with Crippen LogP contribution in [0.15, 0.2) is 53.7 Å². The van der Waals surface area contributed by atoms with Crippen LogP contribution < -0.4 is 0 Å². The highest BCUT2D eigenvalue weighted by atomic mass is 16.7. The second-order valence-corrected chi connectivity index (χ2v) is 7.31. The number of nitro groups is 1. The normalized spacial score (nSPS) is 14.9. The smallest absolute Gasteiger partial charge is 0.318 e. The summed E-state index contributed by atoms with van der Waals surface area (Å²) in [5.41, 5.74) is 1.82. The Balaban J connectivity index is 1.88. The number of rotatable bonds is 7. The van der Waals surface area contributed by atoms with Gasteiger partial charge in [0.2, 0.25) is 5.78 Å². The van der Waals surface area contributed by atoms with Crippen molar-refractivity contribution in [3.05, 3.63) is 64.2 Å². The molecule has 0 aromatic heterocycles. The molecule has 2 aromatic carbocycles. The van der Waals surface area contributed by atoms with Gasteiger partial charge in [-0.1, -0.05) is 67.7 Å². The second kappa shape index (κ2) is 9.91. The predicted molar refractivity (Wildman–Crippen MR) is 113 cm³/mol. The van der Waals surface area contributed by atoms with Crippen LogP contribution in [0.25, 0.3) is 11.1 Å². The Morgan fingerprint density at radius 3 is 2.37 bits per heavy atom. The monoisotopic (exact) mass is 408 g/mol. The number of benzene rings is 2. The average Bonchev–Trinajstić information content (AvgIpc) is 2.79. The third-order valence-electron chi connectivity index (χ3n) is 5.32. The molecule has 0 unspecified atom stereocenters. The summed E-state index contributed by atoms with van der Waals surface area (Å²) >= 11 is 0. The Morgan fingerprint density at radius 2 is 1.73 bits per heavy atom. The van der Waals surface area contributed by atoms with Gasteiger partial charge in [-0.05, 0) is 24.5 Å². The van der Waals surface area contributed by atoms with E-state index in [1.54, 1.807) is 49.4 Å². The number of carbonyl (C=O) groups is 2. The minimum Gasteiger partial charge on any atom is -0.318 e. The van der Waals surface area contributed by atoms with Crippen molar-refractivity contribution in [2.45, 2.75) is 45.4 Å². The molecule has 0 amide bonds. The van der Waals surface area contributed by atoms with Crippen molar-refractivity contribution in [1.29, 1.82) is 0 Å². The van der Waals surface area contributed by atoms with E-state index in [9.17, 15) is 19.7 Å². The van der Waals surface area contributed by atoms with Gasteiger partial charge in [0.15, 0.2) is 0 Å². The van der Waals surface area contributed by atoms with Crippen LogP contribution in [0.1, 0.15) is 55.8 Å². The zero-order valence-corrected chi connectivity index (χ0v) is 16.9. The molecule has 0 N–H and O–H groups in total. The highest BCUT2D eigenvalue weighted by Crippen LogP contribution is 2.30. The Labute approximate surface area is 174 Å². The molecule has 0 radical (unpaired) electrons. The Morgan fingerprint density at radius 1 is 1.07 bits per heavy atom. The van der Waals surface area contributed by atoms with Crippen LogP contribution in [-0.4, -0.2) is 22.4 Å². The molecule has 1 aliphatic carbocycles. The molecule has 1 aliphatic rings. The topological polar surface area (TPSA) is 98.9 Å². The number of carbonyl (C=O) groups excluding carboxylic acids is 2. The molecule has 0 bridgehead atoms. The molecule has 1 fully saturated rings. The van der Waals surface area contributed by atoms with Crippen molar-refractivity contribution < 1.29 is 19.3 Å². The lowest BCUT2D eigenvalue weighted by molar-refractivity contribution is -0.384. The number of nitro benzene ring substituents is 1. The Bertz CT molecular complexity index is 960.